The molecule has 0 fully saturated rings. The van der Waals surface area contributed by atoms with Crippen LogP contribution in [0.15, 0.2) is 71.2 Å². The van der Waals surface area contributed by atoms with Gasteiger partial charge in [-0.25, -0.2) is 0 Å². The summed E-state index contributed by atoms with van der Waals surface area (Å²) in [6, 6.07) is 20.3. The van der Waals surface area contributed by atoms with Gasteiger partial charge in [0.05, 0.1) is 0 Å². The summed E-state index contributed by atoms with van der Waals surface area (Å²) in [4.78, 5) is 23.9. The molecule has 3 rings (SSSR count). The van der Waals surface area contributed by atoms with Crippen molar-refractivity contribution >= 4 is 38.5 Å². The quantitative estimate of drug-likeness (QED) is 0.661. The van der Waals surface area contributed by atoms with E-state index in [1.54, 1.807) is 24.3 Å². The summed E-state index contributed by atoms with van der Waals surface area (Å²) in [5.41, 5.74) is 5.13. The van der Waals surface area contributed by atoms with Crippen molar-refractivity contribution in [3.63, 3.8) is 0 Å². The second-order valence-electron chi connectivity index (χ2n) is 5.28. The molecule has 5 nitrogen and oxygen atoms in total. The van der Waals surface area contributed by atoms with Crippen LogP contribution in [0.25, 0.3) is 10.8 Å². The number of nitrogens with one attached hydrogen (secondary N) is 2. The maximum Gasteiger partial charge on any atom is 0.276 e. The largest absolute Gasteiger partial charge is 0.483 e. The van der Waals surface area contributed by atoms with Gasteiger partial charge in [0, 0.05) is 15.4 Å². The van der Waals surface area contributed by atoms with E-state index in [1.165, 1.54) is 0 Å². The zero-order chi connectivity index (χ0) is 17.6. The van der Waals surface area contributed by atoms with Crippen LogP contribution in [-0.4, -0.2) is 18.4 Å². The van der Waals surface area contributed by atoms with Crippen molar-refractivity contribution in [2.45, 2.75) is 0 Å². The third kappa shape index (κ3) is 4.36. The highest BCUT2D eigenvalue weighted by atomic mass is 79.9. The Morgan fingerprint density at radius 2 is 1.68 bits per heavy atom. The Morgan fingerprint density at radius 1 is 0.920 bits per heavy atom. The Labute approximate surface area is 153 Å². The molecular formula is C19H15BrN2O3. The van der Waals surface area contributed by atoms with Gasteiger partial charge in [0.1, 0.15) is 5.75 Å². The second-order valence-corrected chi connectivity index (χ2v) is 6.19. The molecule has 0 aliphatic heterocycles. The number of ether oxygens (including phenoxy) is 1. The molecule has 2 amide bonds. The number of rotatable bonds is 4. The van der Waals surface area contributed by atoms with Gasteiger partial charge in [-0.05, 0) is 29.7 Å². The van der Waals surface area contributed by atoms with Crippen LogP contribution in [0.4, 0.5) is 0 Å². The smallest absolute Gasteiger partial charge is 0.276 e. The first-order valence-electron chi connectivity index (χ1n) is 7.59. The Morgan fingerprint density at radius 3 is 2.52 bits per heavy atom. The van der Waals surface area contributed by atoms with Crippen molar-refractivity contribution in [3.05, 3.63) is 76.8 Å². The Balaban J connectivity index is 1.55. The molecule has 0 aliphatic rings. The first kappa shape index (κ1) is 17.0. The minimum absolute atomic E-state index is 0.202. The summed E-state index contributed by atoms with van der Waals surface area (Å²) in [6.07, 6.45) is 0. The van der Waals surface area contributed by atoms with E-state index in [9.17, 15) is 9.59 Å². The maximum atomic E-state index is 12.0. The first-order valence-corrected chi connectivity index (χ1v) is 8.38. The van der Waals surface area contributed by atoms with Crippen LogP contribution in [0.3, 0.4) is 0 Å². The van der Waals surface area contributed by atoms with Gasteiger partial charge in [0.15, 0.2) is 6.61 Å². The number of halogens is 1. The molecule has 3 aromatic carbocycles. The van der Waals surface area contributed by atoms with E-state index in [0.29, 0.717) is 11.3 Å². The lowest BCUT2D eigenvalue weighted by Gasteiger charge is -2.10. The topological polar surface area (TPSA) is 67.4 Å². The second kappa shape index (κ2) is 7.81. The molecule has 0 saturated carbocycles. The number of amides is 2. The number of hydrogen-bond acceptors (Lipinski definition) is 3. The highest BCUT2D eigenvalue weighted by Gasteiger charge is 2.09. The fourth-order valence-electron chi connectivity index (χ4n) is 2.33. The van der Waals surface area contributed by atoms with Crippen molar-refractivity contribution in [1.29, 1.82) is 0 Å². The van der Waals surface area contributed by atoms with Crippen LogP contribution >= 0.6 is 15.9 Å². The van der Waals surface area contributed by atoms with Crippen LogP contribution < -0.4 is 15.6 Å². The van der Waals surface area contributed by atoms with Gasteiger partial charge >= 0.3 is 0 Å². The van der Waals surface area contributed by atoms with Crippen molar-refractivity contribution in [2.75, 3.05) is 6.61 Å². The van der Waals surface area contributed by atoms with E-state index in [0.717, 1.165) is 15.2 Å². The van der Waals surface area contributed by atoms with Gasteiger partial charge in [-0.3, -0.25) is 20.4 Å². The van der Waals surface area contributed by atoms with Crippen LogP contribution in [0.5, 0.6) is 5.75 Å². The summed E-state index contributed by atoms with van der Waals surface area (Å²) in [7, 11) is 0. The Bertz CT molecular complexity index is 922. The van der Waals surface area contributed by atoms with Crippen molar-refractivity contribution in [1.82, 2.24) is 10.9 Å². The lowest BCUT2D eigenvalue weighted by atomic mass is 10.1. The van der Waals surface area contributed by atoms with E-state index >= 15 is 0 Å². The zero-order valence-corrected chi connectivity index (χ0v) is 14.7. The van der Waals surface area contributed by atoms with E-state index in [1.807, 2.05) is 42.5 Å². The zero-order valence-electron chi connectivity index (χ0n) is 13.2. The molecule has 0 aliphatic carbocycles. The first-order chi connectivity index (χ1) is 12.1. The van der Waals surface area contributed by atoms with Gasteiger partial charge in [-0.2, -0.15) is 0 Å². The van der Waals surface area contributed by atoms with Gasteiger partial charge in [-0.15, -0.1) is 0 Å². The van der Waals surface area contributed by atoms with Crippen molar-refractivity contribution in [2.24, 2.45) is 0 Å². The number of carbonyl (C=O) groups is 2. The minimum atomic E-state index is -0.448. The summed E-state index contributed by atoms with van der Waals surface area (Å²) in [5.74, 6) is -0.234. The molecule has 2 N–H and O–H groups in total. The van der Waals surface area contributed by atoms with E-state index < -0.39 is 11.8 Å². The summed E-state index contributed by atoms with van der Waals surface area (Å²) in [5, 5.41) is 1.96. The molecule has 0 heterocycles. The number of carbonyl (C=O) groups excluding carboxylic acids is 2. The van der Waals surface area contributed by atoms with Crippen LogP contribution in [0.2, 0.25) is 0 Å². The SMILES string of the molecule is O=C(COc1cccc2ccccc12)NNC(=O)c1cccc(Br)c1. The normalized spacial score (nSPS) is 10.3. The van der Waals surface area contributed by atoms with Crippen LogP contribution in [0, 0.1) is 0 Å². The molecular weight excluding hydrogens is 384 g/mol. The van der Waals surface area contributed by atoms with Gasteiger partial charge in [0.2, 0.25) is 0 Å². The van der Waals surface area contributed by atoms with Crippen LogP contribution in [0.1, 0.15) is 10.4 Å². The van der Waals surface area contributed by atoms with Crippen molar-refractivity contribution in [3.8, 4) is 5.75 Å². The van der Waals surface area contributed by atoms with E-state index in [2.05, 4.69) is 26.8 Å². The molecule has 0 radical (unpaired) electrons. The van der Waals surface area contributed by atoms with Gasteiger partial charge in [-0.1, -0.05) is 58.4 Å². The number of fused-ring (bicyclic) bond motifs is 1. The highest BCUT2D eigenvalue weighted by molar-refractivity contribution is 9.10. The summed E-state index contributed by atoms with van der Waals surface area (Å²) in [6.45, 7) is -0.202. The van der Waals surface area contributed by atoms with E-state index in [4.69, 9.17) is 4.74 Å². The van der Waals surface area contributed by atoms with Crippen LogP contribution in [-0.2, 0) is 4.79 Å². The molecule has 0 aromatic heterocycles. The van der Waals surface area contributed by atoms with Gasteiger partial charge in [0.25, 0.3) is 11.8 Å². The summed E-state index contributed by atoms with van der Waals surface area (Å²) >= 11 is 3.29. The molecule has 0 atom stereocenters. The number of hydrazine groups is 1. The molecule has 25 heavy (non-hydrogen) atoms. The highest BCUT2D eigenvalue weighted by Crippen LogP contribution is 2.24. The number of hydrogen-bond donors (Lipinski definition) is 2. The molecule has 0 spiro atoms. The summed E-state index contributed by atoms with van der Waals surface area (Å²) < 4.78 is 6.35. The fraction of sp³-hybridized carbons (Fsp3) is 0.0526. The monoisotopic (exact) mass is 398 g/mol. The standard InChI is InChI=1S/C19H15BrN2O3/c20-15-8-3-7-14(11-15)19(24)22-21-18(23)12-25-17-10-4-6-13-5-1-2-9-16(13)17/h1-11H,12H2,(H,21,23)(H,22,24). The lowest BCUT2D eigenvalue weighted by molar-refractivity contribution is -0.123. The van der Waals surface area contributed by atoms with Crippen molar-refractivity contribution < 1.29 is 14.3 Å². The molecule has 3 aromatic rings. The molecule has 0 unspecified atom stereocenters. The van der Waals surface area contributed by atoms with Gasteiger partial charge < -0.3 is 4.74 Å². The predicted octanol–water partition coefficient (Wildman–Crippen LogP) is 3.44. The average molecular weight is 399 g/mol. The Hall–Kier alpha value is -2.86. The molecule has 126 valence electrons. The average Bonchev–Trinajstić information content (AvgIpc) is 2.64. The molecule has 0 bridgehead atoms. The predicted molar refractivity (Wildman–Crippen MR) is 99.2 cm³/mol. The third-order valence-electron chi connectivity index (χ3n) is 3.51. The minimum Gasteiger partial charge on any atom is -0.483 e. The number of benzene rings is 3. The fourth-order valence-corrected chi connectivity index (χ4v) is 2.73. The third-order valence-corrected chi connectivity index (χ3v) is 4.00. The lowest BCUT2D eigenvalue weighted by Crippen LogP contribution is -2.43. The molecule has 0 saturated heterocycles. The maximum absolute atomic E-state index is 12.0. The van der Waals surface area contributed by atoms with E-state index in [-0.39, 0.29) is 6.61 Å². The molecule has 6 heteroatoms. The Kier molecular flexibility index (Phi) is 5.30.